The van der Waals surface area contributed by atoms with E-state index in [0.717, 1.165) is 0 Å². The minimum atomic E-state index is -0.714. The third-order valence-corrected chi connectivity index (χ3v) is 5.60. The van der Waals surface area contributed by atoms with Crippen LogP contribution in [0.1, 0.15) is 43.2 Å². The van der Waals surface area contributed by atoms with Crippen molar-refractivity contribution in [3.8, 4) is 11.1 Å². The molecular weight excluding hydrogens is 422 g/mol. The molecule has 2 aromatic rings. The molecule has 2 amide bonds. The van der Waals surface area contributed by atoms with Gasteiger partial charge in [-0.15, -0.1) is 0 Å². The molecule has 0 saturated carbocycles. The zero-order valence-electron chi connectivity index (χ0n) is 18.8. The lowest BCUT2D eigenvalue weighted by Gasteiger charge is -2.15. The van der Waals surface area contributed by atoms with E-state index in [2.05, 4.69) is 34.9 Å². The van der Waals surface area contributed by atoms with Crippen molar-refractivity contribution in [2.45, 2.75) is 38.1 Å². The van der Waals surface area contributed by atoms with E-state index in [4.69, 9.17) is 15.2 Å². The van der Waals surface area contributed by atoms with Gasteiger partial charge in [0.05, 0.1) is 12.6 Å². The summed E-state index contributed by atoms with van der Waals surface area (Å²) < 4.78 is 10.2. The highest BCUT2D eigenvalue weighted by molar-refractivity contribution is 5.85. The molecule has 0 aliphatic heterocycles. The first-order chi connectivity index (χ1) is 16.0. The first kappa shape index (κ1) is 24.3. The van der Waals surface area contributed by atoms with E-state index in [-0.39, 0.29) is 25.7 Å². The van der Waals surface area contributed by atoms with Gasteiger partial charge in [0.2, 0.25) is 5.91 Å². The summed E-state index contributed by atoms with van der Waals surface area (Å²) in [5.74, 6) is -0.868. The van der Waals surface area contributed by atoms with Gasteiger partial charge in [-0.2, -0.15) is 0 Å². The Labute approximate surface area is 193 Å². The highest BCUT2D eigenvalue weighted by Crippen LogP contribution is 2.44. The number of carbonyl (C=O) groups is 3. The molecule has 1 aliphatic carbocycles. The van der Waals surface area contributed by atoms with Crippen molar-refractivity contribution < 1.29 is 23.9 Å². The lowest BCUT2D eigenvalue weighted by molar-refractivity contribution is -0.143. The van der Waals surface area contributed by atoms with Crippen LogP contribution in [-0.4, -0.2) is 50.3 Å². The second kappa shape index (κ2) is 12.0. The molecule has 0 heterocycles. The molecule has 1 aliphatic rings. The van der Waals surface area contributed by atoms with Crippen LogP contribution in [0.2, 0.25) is 0 Å². The number of amides is 2. The van der Waals surface area contributed by atoms with Gasteiger partial charge in [0, 0.05) is 12.5 Å². The summed E-state index contributed by atoms with van der Waals surface area (Å²) in [5.41, 5.74) is 10.5. The summed E-state index contributed by atoms with van der Waals surface area (Å²) in [6, 6.07) is 15.7. The number of carbonyl (C=O) groups excluding carboxylic acids is 3. The highest BCUT2D eigenvalue weighted by atomic mass is 16.5. The van der Waals surface area contributed by atoms with Gasteiger partial charge in [0.1, 0.15) is 13.2 Å². The Balaban J connectivity index is 1.34. The number of unbranched alkanes of at least 4 members (excludes halogenated alkanes) is 1. The lowest BCUT2D eigenvalue weighted by atomic mass is 9.98. The number of hydrogen-bond acceptors (Lipinski definition) is 6. The number of alkyl carbamates (subject to hydrolysis) is 1. The average Bonchev–Trinajstić information content (AvgIpc) is 3.14. The van der Waals surface area contributed by atoms with Gasteiger partial charge in [-0.25, -0.2) is 4.79 Å². The molecular formula is C25H31N3O5. The Morgan fingerprint density at radius 3 is 2.21 bits per heavy atom. The van der Waals surface area contributed by atoms with E-state index in [1.165, 1.54) is 22.3 Å². The van der Waals surface area contributed by atoms with Gasteiger partial charge < -0.3 is 25.8 Å². The van der Waals surface area contributed by atoms with Crippen LogP contribution in [0.25, 0.3) is 11.1 Å². The first-order valence-corrected chi connectivity index (χ1v) is 11.3. The summed E-state index contributed by atoms with van der Waals surface area (Å²) in [5, 5.41) is 5.20. The Morgan fingerprint density at radius 2 is 1.58 bits per heavy atom. The number of fused-ring (bicyclic) bond motifs is 3. The van der Waals surface area contributed by atoms with Gasteiger partial charge in [0.15, 0.2) is 0 Å². The summed E-state index contributed by atoms with van der Waals surface area (Å²) in [6.07, 6.45) is 1.29. The molecule has 3 rings (SSSR count). The fraction of sp³-hybridized carbons (Fsp3) is 0.400. The Hall–Kier alpha value is -3.39. The monoisotopic (exact) mass is 453 g/mol. The fourth-order valence-electron chi connectivity index (χ4n) is 3.96. The number of nitrogens with two attached hydrogens (primary N) is 1. The molecule has 0 saturated heterocycles. The fourth-order valence-corrected chi connectivity index (χ4v) is 3.96. The number of nitrogens with one attached hydrogen (secondary N) is 2. The van der Waals surface area contributed by atoms with Gasteiger partial charge in [-0.05, 0) is 48.4 Å². The maximum Gasteiger partial charge on any atom is 0.407 e. The van der Waals surface area contributed by atoms with Gasteiger partial charge in [-0.3, -0.25) is 9.59 Å². The first-order valence-electron chi connectivity index (χ1n) is 11.3. The minimum absolute atomic E-state index is 0.0225. The topological polar surface area (TPSA) is 120 Å². The lowest BCUT2D eigenvalue weighted by Crippen LogP contribution is -2.42. The van der Waals surface area contributed by atoms with Crippen LogP contribution in [0.15, 0.2) is 48.5 Å². The van der Waals surface area contributed by atoms with Crippen LogP contribution >= 0.6 is 0 Å². The largest absolute Gasteiger partial charge is 0.465 e. The Bertz CT molecular complexity index is 933. The van der Waals surface area contributed by atoms with Crippen LogP contribution in [0.3, 0.4) is 0 Å². The van der Waals surface area contributed by atoms with Crippen molar-refractivity contribution >= 4 is 18.0 Å². The quantitative estimate of drug-likeness (QED) is 0.355. The molecule has 0 fully saturated rings. The molecule has 0 bridgehead atoms. The predicted molar refractivity (Wildman–Crippen MR) is 125 cm³/mol. The zero-order valence-corrected chi connectivity index (χ0v) is 18.8. The molecule has 0 aromatic heterocycles. The van der Waals surface area contributed by atoms with E-state index in [1.54, 1.807) is 6.92 Å². The van der Waals surface area contributed by atoms with Crippen LogP contribution in [0.5, 0.6) is 0 Å². The molecule has 1 atom stereocenters. The molecule has 0 radical (unpaired) electrons. The second-order valence-corrected chi connectivity index (χ2v) is 7.88. The van der Waals surface area contributed by atoms with E-state index >= 15 is 0 Å². The van der Waals surface area contributed by atoms with E-state index < -0.39 is 24.0 Å². The maximum atomic E-state index is 12.2. The molecule has 2 aromatic carbocycles. The Morgan fingerprint density at radius 1 is 0.939 bits per heavy atom. The number of ether oxygens (including phenoxy) is 2. The molecule has 8 nitrogen and oxygen atoms in total. The number of hydrogen-bond donors (Lipinski definition) is 3. The average molecular weight is 454 g/mol. The summed E-state index contributed by atoms with van der Waals surface area (Å²) in [4.78, 5) is 35.3. The van der Waals surface area contributed by atoms with E-state index in [0.29, 0.717) is 25.8 Å². The van der Waals surface area contributed by atoms with E-state index in [9.17, 15) is 14.4 Å². The Kier molecular flexibility index (Phi) is 8.83. The third kappa shape index (κ3) is 6.55. The highest BCUT2D eigenvalue weighted by Gasteiger charge is 2.28. The van der Waals surface area contributed by atoms with Crippen LogP contribution in [-0.2, 0) is 19.1 Å². The molecule has 176 valence electrons. The summed E-state index contributed by atoms with van der Waals surface area (Å²) in [7, 11) is 0. The van der Waals surface area contributed by atoms with Crippen molar-refractivity contribution in [1.82, 2.24) is 10.6 Å². The summed E-state index contributed by atoms with van der Waals surface area (Å²) >= 11 is 0. The van der Waals surface area contributed by atoms with Gasteiger partial charge in [-0.1, -0.05) is 48.5 Å². The van der Waals surface area contributed by atoms with Crippen molar-refractivity contribution in [1.29, 1.82) is 0 Å². The standard InChI is InChI=1S/C25H31N3O5/c1-2-32-23(29)15-28-24(30)22(26)13-7-8-14-27-25(31)33-16-21-19-11-5-3-9-17(19)18-10-4-6-12-20(18)21/h3-6,9-12,21-22H,2,7-8,13-16,26H2,1H3,(H,27,31)(H,28,30)/t22-/m0/s1. The second-order valence-electron chi connectivity index (χ2n) is 7.88. The normalized spacial score (nSPS) is 12.9. The SMILES string of the molecule is CCOC(=O)CNC(=O)[C@@H](N)CCCCNC(=O)OCC1c2ccccc2-c2ccccc21. The molecule has 8 heteroatoms. The van der Waals surface area contributed by atoms with Crippen molar-refractivity contribution in [3.05, 3.63) is 59.7 Å². The number of rotatable bonds is 11. The molecule has 4 N–H and O–H groups in total. The van der Waals surface area contributed by atoms with Crippen molar-refractivity contribution in [2.75, 3.05) is 26.3 Å². The van der Waals surface area contributed by atoms with Gasteiger partial charge in [0.25, 0.3) is 0 Å². The molecule has 33 heavy (non-hydrogen) atoms. The van der Waals surface area contributed by atoms with Crippen LogP contribution in [0, 0.1) is 0 Å². The molecule has 0 spiro atoms. The van der Waals surface area contributed by atoms with E-state index in [1.807, 2.05) is 24.3 Å². The maximum absolute atomic E-state index is 12.2. The smallest absolute Gasteiger partial charge is 0.407 e. The zero-order chi connectivity index (χ0) is 23.6. The number of benzene rings is 2. The summed E-state index contributed by atoms with van der Waals surface area (Å²) in [6.45, 7) is 2.46. The number of esters is 1. The molecule has 0 unspecified atom stereocenters. The predicted octanol–water partition coefficient (Wildman–Crippen LogP) is 2.70. The minimum Gasteiger partial charge on any atom is -0.465 e. The van der Waals surface area contributed by atoms with Gasteiger partial charge >= 0.3 is 12.1 Å². The third-order valence-electron chi connectivity index (χ3n) is 5.60. The van der Waals surface area contributed by atoms with Crippen LogP contribution < -0.4 is 16.4 Å². The van der Waals surface area contributed by atoms with Crippen molar-refractivity contribution in [3.63, 3.8) is 0 Å². The van der Waals surface area contributed by atoms with Crippen LogP contribution in [0.4, 0.5) is 4.79 Å². The van der Waals surface area contributed by atoms with Crippen molar-refractivity contribution in [2.24, 2.45) is 5.73 Å².